The van der Waals surface area contributed by atoms with Gasteiger partial charge in [0.05, 0.1) is 0 Å². The molecule has 1 atom stereocenters. The zero-order valence-electron chi connectivity index (χ0n) is 15.4. The molecule has 1 aliphatic carbocycles. The molecule has 1 aliphatic rings. The standard InChI is InChI=1S/C19H29BF2N2O2/c20-8-2-1-7-19(23,18(25)26)14-11-15(12-14)24-9-3-4-13-5-6-16(21)17(22)10-13/h5-6,10,14-15,24H,1-4,7-9,11-12,20,23H2,(H,25,26)/t14-,15+,19?. The number of hydrogen-bond acceptors (Lipinski definition) is 3. The monoisotopic (exact) mass is 366 g/mol. The molecule has 0 saturated heterocycles. The van der Waals surface area contributed by atoms with Gasteiger partial charge >= 0.3 is 5.97 Å². The molecule has 1 unspecified atom stereocenters. The number of aliphatic carboxylic acids is 1. The van der Waals surface area contributed by atoms with Gasteiger partial charge in [0.1, 0.15) is 13.4 Å². The molecule has 0 aromatic heterocycles. The zero-order valence-corrected chi connectivity index (χ0v) is 15.4. The Morgan fingerprint density at radius 1 is 1.27 bits per heavy atom. The minimum atomic E-state index is -1.11. The van der Waals surface area contributed by atoms with E-state index in [9.17, 15) is 18.7 Å². The Kier molecular flexibility index (Phi) is 7.59. The minimum absolute atomic E-state index is 0.0144. The molecule has 1 saturated carbocycles. The van der Waals surface area contributed by atoms with Crippen LogP contribution in [0.25, 0.3) is 0 Å². The van der Waals surface area contributed by atoms with Crippen LogP contribution in [-0.2, 0) is 11.2 Å². The summed E-state index contributed by atoms with van der Waals surface area (Å²) in [6.45, 7) is 0.761. The van der Waals surface area contributed by atoms with Crippen molar-refractivity contribution in [2.75, 3.05) is 6.54 Å². The Morgan fingerprint density at radius 2 is 2.00 bits per heavy atom. The van der Waals surface area contributed by atoms with Crippen LogP contribution >= 0.6 is 0 Å². The molecule has 0 radical (unpaired) electrons. The van der Waals surface area contributed by atoms with Gasteiger partial charge in [-0.05, 0) is 62.3 Å². The molecule has 0 heterocycles. The second kappa shape index (κ2) is 9.46. The first-order valence-corrected chi connectivity index (χ1v) is 9.56. The van der Waals surface area contributed by atoms with Gasteiger partial charge in [-0.15, -0.1) is 0 Å². The van der Waals surface area contributed by atoms with E-state index in [-0.39, 0.29) is 5.92 Å². The van der Waals surface area contributed by atoms with Gasteiger partial charge in [-0.2, -0.15) is 0 Å². The number of hydrogen-bond donors (Lipinski definition) is 3. The van der Waals surface area contributed by atoms with Gasteiger partial charge in [0.25, 0.3) is 0 Å². The topological polar surface area (TPSA) is 75.4 Å². The number of unbranched alkanes of at least 4 members (excludes halogenated alkanes) is 1. The summed E-state index contributed by atoms with van der Waals surface area (Å²) in [5.74, 6) is -2.51. The van der Waals surface area contributed by atoms with Crippen LogP contribution in [0.3, 0.4) is 0 Å². The van der Waals surface area contributed by atoms with Crippen molar-refractivity contribution < 1.29 is 18.7 Å². The van der Waals surface area contributed by atoms with Crippen LogP contribution in [0, 0.1) is 17.6 Å². The van der Waals surface area contributed by atoms with Gasteiger partial charge in [0.2, 0.25) is 0 Å². The Bertz CT molecular complexity index is 611. The van der Waals surface area contributed by atoms with Gasteiger partial charge < -0.3 is 16.2 Å². The molecule has 144 valence electrons. The average Bonchev–Trinajstić information content (AvgIpc) is 2.56. The highest BCUT2D eigenvalue weighted by molar-refractivity contribution is 6.08. The molecule has 2 rings (SSSR count). The molecule has 1 aromatic rings. The summed E-state index contributed by atoms with van der Waals surface area (Å²) in [5.41, 5.74) is 5.88. The summed E-state index contributed by atoms with van der Waals surface area (Å²) in [4.78, 5) is 11.6. The third-order valence-corrected chi connectivity index (χ3v) is 5.52. The van der Waals surface area contributed by atoms with E-state index in [1.165, 1.54) is 6.07 Å². The maximum atomic E-state index is 13.2. The second-order valence-corrected chi connectivity index (χ2v) is 7.47. The fourth-order valence-corrected chi connectivity index (χ4v) is 3.65. The molecular weight excluding hydrogens is 337 g/mol. The molecule has 26 heavy (non-hydrogen) atoms. The number of carboxylic acids is 1. The number of aryl methyl sites for hydroxylation is 1. The van der Waals surface area contributed by atoms with Gasteiger partial charge in [-0.1, -0.05) is 25.2 Å². The number of benzene rings is 1. The Morgan fingerprint density at radius 3 is 2.62 bits per heavy atom. The van der Waals surface area contributed by atoms with Crippen molar-refractivity contribution in [2.24, 2.45) is 11.7 Å². The predicted octanol–water partition coefficient (Wildman–Crippen LogP) is 2.27. The average molecular weight is 366 g/mol. The van der Waals surface area contributed by atoms with E-state index in [0.29, 0.717) is 18.9 Å². The first-order chi connectivity index (χ1) is 12.4. The molecular formula is C19H29BF2N2O2. The van der Waals surface area contributed by atoms with Gasteiger partial charge in [-0.3, -0.25) is 4.79 Å². The van der Waals surface area contributed by atoms with Crippen molar-refractivity contribution in [3.05, 3.63) is 35.4 Å². The molecule has 1 aromatic carbocycles. The highest BCUT2D eigenvalue weighted by atomic mass is 19.2. The van der Waals surface area contributed by atoms with Gasteiger partial charge in [0.15, 0.2) is 11.6 Å². The molecule has 1 fully saturated rings. The Hall–Kier alpha value is -1.47. The molecule has 0 spiro atoms. The Balaban J connectivity index is 1.68. The predicted molar refractivity (Wildman–Crippen MR) is 101 cm³/mol. The second-order valence-electron chi connectivity index (χ2n) is 7.47. The summed E-state index contributed by atoms with van der Waals surface area (Å²) in [5, 5.41) is 12.9. The zero-order chi connectivity index (χ0) is 19.2. The maximum Gasteiger partial charge on any atom is 0.323 e. The van der Waals surface area contributed by atoms with Crippen LogP contribution in [0.4, 0.5) is 8.78 Å². The summed E-state index contributed by atoms with van der Waals surface area (Å²) in [6, 6.07) is 4.28. The third kappa shape index (κ3) is 5.27. The van der Waals surface area contributed by atoms with Crippen molar-refractivity contribution in [3.8, 4) is 0 Å². The highest BCUT2D eigenvalue weighted by Gasteiger charge is 2.47. The summed E-state index contributed by atoms with van der Waals surface area (Å²) in [6.07, 6.45) is 6.47. The van der Waals surface area contributed by atoms with Crippen LogP contribution in [0.1, 0.15) is 44.1 Å². The van der Waals surface area contributed by atoms with Crippen molar-refractivity contribution >= 4 is 13.8 Å². The number of nitrogens with one attached hydrogen (secondary N) is 1. The lowest BCUT2D eigenvalue weighted by Gasteiger charge is -2.45. The fraction of sp³-hybridized carbons (Fsp3) is 0.632. The lowest BCUT2D eigenvalue weighted by atomic mass is 9.66. The fourth-order valence-electron chi connectivity index (χ4n) is 3.65. The molecule has 7 heteroatoms. The summed E-state index contributed by atoms with van der Waals surface area (Å²) in [7, 11) is 2.09. The van der Waals surface area contributed by atoms with Crippen molar-refractivity contribution in [3.63, 3.8) is 0 Å². The lowest BCUT2D eigenvalue weighted by molar-refractivity contribution is -0.148. The van der Waals surface area contributed by atoms with Crippen molar-refractivity contribution in [2.45, 2.75) is 62.8 Å². The Labute approximate surface area is 154 Å². The van der Waals surface area contributed by atoms with Gasteiger partial charge in [0, 0.05) is 6.04 Å². The number of nitrogens with two attached hydrogens (primary N) is 1. The van der Waals surface area contributed by atoms with Crippen molar-refractivity contribution in [1.29, 1.82) is 0 Å². The third-order valence-electron chi connectivity index (χ3n) is 5.52. The smallest absolute Gasteiger partial charge is 0.323 e. The van der Waals surface area contributed by atoms with Crippen LogP contribution in [0.2, 0.25) is 6.32 Å². The van der Waals surface area contributed by atoms with Crippen LogP contribution in [0.15, 0.2) is 18.2 Å². The summed E-state index contributed by atoms with van der Waals surface area (Å²) >= 11 is 0. The lowest BCUT2D eigenvalue weighted by Crippen LogP contribution is -2.61. The largest absolute Gasteiger partial charge is 0.480 e. The number of carboxylic acid groups (broad SMARTS) is 1. The number of carbonyl (C=O) groups is 1. The SMILES string of the molecule is BCCCCC(N)(C(=O)O)[C@H]1C[C@@H](NCCCc2ccc(F)c(F)c2)C1. The van der Waals surface area contributed by atoms with E-state index < -0.39 is 23.1 Å². The van der Waals surface area contributed by atoms with E-state index in [1.54, 1.807) is 6.07 Å². The number of halogens is 2. The first-order valence-electron chi connectivity index (χ1n) is 9.56. The van der Waals surface area contributed by atoms with E-state index >= 15 is 0 Å². The van der Waals surface area contributed by atoms with Crippen LogP contribution in [-0.4, -0.2) is 37.0 Å². The van der Waals surface area contributed by atoms with Crippen molar-refractivity contribution in [1.82, 2.24) is 5.32 Å². The van der Waals surface area contributed by atoms with E-state index in [4.69, 9.17) is 5.73 Å². The highest BCUT2D eigenvalue weighted by Crippen LogP contribution is 2.38. The van der Waals surface area contributed by atoms with Crippen LogP contribution < -0.4 is 11.1 Å². The number of rotatable bonds is 11. The first kappa shape index (κ1) is 20.8. The maximum absolute atomic E-state index is 13.2. The van der Waals surface area contributed by atoms with E-state index in [0.717, 1.165) is 56.6 Å². The molecule has 0 bridgehead atoms. The van der Waals surface area contributed by atoms with Crippen LogP contribution in [0.5, 0.6) is 0 Å². The van der Waals surface area contributed by atoms with Gasteiger partial charge in [-0.25, -0.2) is 8.78 Å². The minimum Gasteiger partial charge on any atom is -0.480 e. The summed E-state index contributed by atoms with van der Waals surface area (Å²) < 4.78 is 26.1. The quantitative estimate of drug-likeness (QED) is 0.415. The van der Waals surface area contributed by atoms with E-state index in [2.05, 4.69) is 13.2 Å². The normalized spacial score (nSPS) is 21.8. The molecule has 4 N–H and O–H groups in total. The molecule has 0 aliphatic heterocycles. The molecule has 4 nitrogen and oxygen atoms in total. The van der Waals surface area contributed by atoms with E-state index in [1.807, 2.05) is 0 Å². The molecule has 0 amide bonds.